The van der Waals surface area contributed by atoms with Gasteiger partial charge in [0.1, 0.15) is 10.5 Å². The van der Waals surface area contributed by atoms with Crippen molar-refractivity contribution < 1.29 is 17.2 Å². The van der Waals surface area contributed by atoms with Crippen molar-refractivity contribution >= 4 is 54.2 Å². The molecule has 0 bridgehead atoms. The van der Waals surface area contributed by atoms with Gasteiger partial charge in [0.05, 0.1) is 5.02 Å². The molecule has 0 saturated carbocycles. The summed E-state index contributed by atoms with van der Waals surface area (Å²) in [5, 5.41) is 0.197. The van der Waals surface area contributed by atoms with Crippen LogP contribution < -0.4 is 10.3 Å². The lowest BCUT2D eigenvalue weighted by Gasteiger charge is -2.10. The van der Waals surface area contributed by atoms with Gasteiger partial charge in [-0.2, -0.15) is 0 Å². The fourth-order valence-corrected chi connectivity index (χ4v) is 3.97. The van der Waals surface area contributed by atoms with Crippen LogP contribution in [-0.2, 0) is 10.0 Å². The minimum Gasteiger partial charge on any atom is -0.423 e. The molecule has 9 heteroatoms. The van der Waals surface area contributed by atoms with Crippen LogP contribution in [0.1, 0.15) is 0 Å². The molecule has 0 atom stereocenters. The second-order valence-electron chi connectivity index (χ2n) is 4.78. The SMILES string of the molecule is O=c1cc(Br)c2cc(NS(=O)(=O)c3cccc(Cl)c3F)ccc2o1. The van der Waals surface area contributed by atoms with Crippen LogP contribution in [0.4, 0.5) is 10.1 Å². The van der Waals surface area contributed by atoms with E-state index < -0.39 is 26.4 Å². The number of fused-ring (bicyclic) bond motifs is 1. The third-order valence-electron chi connectivity index (χ3n) is 3.15. The second kappa shape index (κ2) is 6.19. The number of sulfonamides is 1. The molecule has 0 saturated heterocycles. The van der Waals surface area contributed by atoms with Crippen LogP contribution in [0.2, 0.25) is 5.02 Å². The van der Waals surface area contributed by atoms with E-state index in [0.29, 0.717) is 9.86 Å². The maximum Gasteiger partial charge on any atom is 0.337 e. The van der Waals surface area contributed by atoms with E-state index in [9.17, 15) is 17.6 Å². The minimum atomic E-state index is -4.17. The average molecular weight is 433 g/mol. The molecule has 0 unspecified atom stereocenters. The fraction of sp³-hybridized carbons (Fsp3) is 0. The standard InChI is InChI=1S/C15H8BrClFNO4S/c16-10-7-14(20)23-12-5-4-8(6-9(10)12)19-24(21,22)13-3-1-2-11(17)15(13)18/h1-7,19H. The Hall–Kier alpha value is -1.90. The molecule has 3 aromatic rings. The highest BCUT2D eigenvalue weighted by molar-refractivity contribution is 9.10. The Morgan fingerprint density at radius 1 is 1.17 bits per heavy atom. The highest BCUT2D eigenvalue weighted by Crippen LogP contribution is 2.28. The van der Waals surface area contributed by atoms with Crippen molar-refractivity contribution in [3.8, 4) is 0 Å². The molecule has 0 spiro atoms. The third kappa shape index (κ3) is 3.17. The molecule has 5 nitrogen and oxygen atoms in total. The Balaban J connectivity index is 2.06. The average Bonchev–Trinajstić information content (AvgIpc) is 2.50. The van der Waals surface area contributed by atoms with Crippen molar-refractivity contribution in [1.82, 2.24) is 0 Å². The maximum atomic E-state index is 14.0. The Morgan fingerprint density at radius 3 is 2.67 bits per heavy atom. The topological polar surface area (TPSA) is 76.4 Å². The Bertz CT molecular complexity index is 1110. The molecule has 2 aromatic carbocycles. The van der Waals surface area contributed by atoms with Crippen LogP contribution in [0.15, 0.2) is 61.0 Å². The van der Waals surface area contributed by atoms with E-state index in [2.05, 4.69) is 20.7 Å². The van der Waals surface area contributed by atoms with Crippen LogP contribution >= 0.6 is 27.5 Å². The van der Waals surface area contributed by atoms with E-state index in [1.54, 1.807) is 0 Å². The maximum absolute atomic E-state index is 14.0. The second-order valence-corrected chi connectivity index (χ2v) is 7.69. The summed E-state index contributed by atoms with van der Waals surface area (Å²) >= 11 is 8.83. The molecule has 0 radical (unpaired) electrons. The number of hydrogen-bond acceptors (Lipinski definition) is 4. The van der Waals surface area contributed by atoms with Gasteiger partial charge < -0.3 is 4.42 Å². The smallest absolute Gasteiger partial charge is 0.337 e. The van der Waals surface area contributed by atoms with Crippen LogP contribution in [-0.4, -0.2) is 8.42 Å². The summed E-state index contributed by atoms with van der Waals surface area (Å²) < 4.78 is 46.4. The Morgan fingerprint density at radius 2 is 1.92 bits per heavy atom. The fourth-order valence-electron chi connectivity index (χ4n) is 2.09. The molecule has 0 aliphatic rings. The van der Waals surface area contributed by atoms with Crippen molar-refractivity contribution in [2.24, 2.45) is 0 Å². The predicted octanol–water partition coefficient (Wildman–Crippen LogP) is 4.15. The van der Waals surface area contributed by atoms with E-state index in [1.807, 2.05) is 0 Å². The summed E-state index contributed by atoms with van der Waals surface area (Å²) in [5.74, 6) is -1.03. The van der Waals surface area contributed by atoms with Crippen molar-refractivity contribution in [1.29, 1.82) is 0 Å². The van der Waals surface area contributed by atoms with Gasteiger partial charge in [0.15, 0.2) is 5.82 Å². The van der Waals surface area contributed by atoms with Gasteiger partial charge in [-0.15, -0.1) is 0 Å². The normalized spacial score (nSPS) is 11.6. The molecular weight excluding hydrogens is 425 g/mol. The Labute approximate surface area is 149 Å². The molecule has 0 aliphatic heterocycles. The lowest BCUT2D eigenvalue weighted by atomic mass is 10.2. The van der Waals surface area contributed by atoms with Gasteiger partial charge in [-0.25, -0.2) is 17.6 Å². The minimum absolute atomic E-state index is 0.177. The van der Waals surface area contributed by atoms with Gasteiger partial charge in [0.25, 0.3) is 10.0 Å². The lowest BCUT2D eigenvalue weighted by Crippen LogP contribution is -2.14. The first-order valence-corrected chi connectivity index (χ1v) is 9.13. The van der Waals surface area contributed by atoms with Crippen molar-refractivity contribution in [2.75, 3.05) is 4.72 Å². The third-order valence-corrected chi connectivity index (χ3v) is 5.50. The van der Waals surface area contributed by atoms with Gasteiger partial charge in [-0.05, 0) is 46.3 Å². The van der Waals surface area contributed by atoms with Gasteiger partial charge >= 0.3 is 5.63 Å². The zero-order chi connectivity index (χ0) is 17.5. The van der Waals surface area contributed by atoms with Crippen LogP contribution in [0.5, 0.6) is 0 Å². The molecular formula is C15H8BrClFNO4S. The van der Waals surface area contributed by atoms with Gasteiger partial charge in [-0.3, -0.25) is 4.72 Å². The summed E-state index contributed by atoms with van der Waals surface area (Å²) in [5.41, 5.74) is -0.0774. The van der Waals surface area contributed by atoms with Crippen LogP contribution in [0.25, 0.3) is 11.0 Å². The van der Waals surface area contributed by atoms with E-state index in [1.165, 1.54) is 36.4 Å². The van der Waals surface area contributed by atoms with Crippen LogP contribution in [0.3, 0.4) is 0 Å². The number of anilines is 1. The quantitative estimate of drug-likeness (QED) is 0.631. The van der Waals surface area contributed by atoms with E-state index >= 15 is 0 Å². The largest absolute Gasteiger partial charge is 0.423 e. The van der Waals surface area contributed by atoms with Gasteiger partial charge in [0.2, 0.25) is 0 Å². The zero-order valence-electron chi connectivity index (χ0n) is 11.7. The summed E-state index contributed by atoms with van der Waals surface area (Å²) in [6, 6.07) is 9.22. The molecule has 0 fully saturated rings. The summed E-state index contributed by atoms with van der Waals surface area (Å²) in [7, 11) is -4.17. The number of hydrogen-bond donors (Lipinski definition) is 1. The summed E-state index contributed by atoms with van der Waals surface area (Å²) in [4.78, 5) is 10.7. The first-order valence-electron chi connectivity index (χ1n) is 6.48. The van der Waals surface area contributed by atoms with Crippen molar-refractivity contribution in [2.45, 2.75) is 4.90 Å². The molecule has 1 heterocycles. The number of halogens is 3. The van der Waals surface area contributed by atoms with E-state index in [-0.39, 0.29) is 16.3 Å². The number of rotatable bonds is 3. The monoisotopic (exact) mass is 431 g/mol. The Kier molecular flexibility index (Phi) is 4.37. The lowest BCUT2D eigenvalue weighted by molar-refractivity contribution is 0.560. The predicted molar refractivity (Wildman–Crippen MR) is 92.4 cm³/mol. The molecule has 3 rings (SSSR count). The van der Waals surface area contributed by atoms with Crippen LogP contribution in [0, 0.1) is 5.82 Å². The first kappa shape index (κ1) is 16.9. The summed E-state index contributed by atoms with van der Waals surface area (Å²) in [6.07, 6.45) is 0. The molecule has 124 valence electrons. The highest BCUT2D eigenvalue weighted by Gasteiger charge is 2.21. The summed E-state index contributed by atoms with van der Waals surface area (Å²) in [6.45, 7) is 0. The zero-order valence-corrected chi connectivity index (χ0v) is 14.9. The van der Waals surface area contributed by atoms with Gasteiger partial charge in [0, 0.05) is 21.6 Å². The first-order chi connectivity index (χ1) is 11.3. The molecule has 24 heavy (non-hydrogen) atoms. The molecule has 1 N–H and O–H groups in total. The number of benzene rings is 2. The highest BCUT2D eigenvalue weighted by atomic mass is 79.9. The van der Waals surface area contributed by atoms with E-state index in [0.717, 1.165) is 6.07 Å². The molecule has 0 amide bonds. The molecule has 1 aromatic heterocycles. The van der Waals surface area contributed by atoms with Crippen molar-refractivity contribution in [3.05, 3.63) is 68.2 Å². The van der Waals surface area contributed by atoms with Crippen molar-refractivity contribution in [3.63, 3.8) is 0 Å². The van der Waals surface area contributed by atoms with Gasteiger partial charge in [-0.1, -0.05) is 17.7 Å². The molecule has 0 aliphatic carbocycles. The van der Waals surface area contributed by atoms with E-state index in [4.69, 9.17) is 16.0 Å². The number of nitrogens with one attached hydrogen (secondary N) is 1.